The van der Waals surface area contributed by atoms with Crippen molar-refractivity contribution in [2.75, 3.05) is 5.32 Å². The van der Waals surface area contributed by atoms with Crippen LogP contribution in [0.15, 0.2) is 48.8 Å². The third-order valence-electron chi connectivity index (χ3n) is 3.43. The second-order valence-corrected chi connectivity index (χ2v) is 5.04. The number of halogens is 2. The Morgan fingerprint density at radius 3 is 2.43 bits per heavy atom. The Balaban J connectivity index is 1.76. The first-order valence-electron chi connectivity index (χ1n) is 6.91. The summed E-state index contributed by atoms with van der Waals surface area (Å²) in [4.78, 5) is 19.2. The van der Waals surface area contributed by atoms with E-state index in [4.69, 9.17) is 0 Å². The Kier molecular flexibility index (Phi) is 3.89. The molecule has 3 rings (SSSR count). The van der Waals surface area contributed by atoms with Crippen LogP contribution in [0, 0.1) is 18.6 Å². The molecule has 0 aliphatic carbocycles. The fourth-order valence-corrected chi connectivity index (χ4v) is 2.20. The average molecular weight is 313 g/mol. The van der Waals surface area contributed by atoms with Gasteiger partial charge < -0.3 is 10.3 Å². The van der Waals surface area contributed by atoms with Gasteiger partial charge in [0.2, 0.25) is 0 Å². The number of anilines is 1. The van der Waals surface area contributed by atoms with Crippen LogP contribution in [0.4, 0.5) is 14.5 Å². The molecule has 3 aromatic rings. The minimum absolute atomic E-state index is 0.0520. The SMILES string of the molecule is Cc1[nH]cnc1-c1ccc(NC(=O)c2ccc(F)c(F)c2)cc1. The highest BCUT2D eigenvalue weighted by molar-refractivity contribution is 6.04. The number of aryl methyl sites for hydroxylation is 1. The monoisotopic (exact) mass is 313 g/mol. The molecule has 0 saturated heterocycles. The second-order valence-electron chi connectivity index (χ2n) is 5.04. The number of rotatable bonds is 3. The van der Waals surface area contributed by atoms with Crippen LogP contribution in [0.25, 0.3) is 11.3 Å². The molecule has 4 nitrogen and oxygen atoms in total. The number of hydrogen-bond donors (Lipinski definition) is 2. The summed E-state index contributed by atoms with van der Waals surface area (Å²) < 4.78 is 26.0. The topological polar surface area (TPSA) is 57.8 Å². The summed E-state index contributed by atoms with van der Waals surface area (Å²) in [6.45, 7) is 1.92. The molecule has 1 heterocycles. The molecule has 0 unspecified atom stereocenters. The number of amides is 1. The lowest BCUT2D eigenvalue weighted by atomic mass is 10.1. The molecule has 0 spiro atoms. The second kappa shape index (κ2) is 6.00. The van der Waals surface area contributed by atoms with Crippen LogP contribution in [-0.2, 0) is 0 Å². The van der Waals surface area contributed by atoms with Gasteiger partial charge in [-0.15, -0.1) is 0 Å². The van der Waals surface area contributed by atoms with Gasteiger partial charge in [-0.3, -0.25) is 4.79 Å². The molecule has 23 heavy (non-hydrogen) atoms. The van der Waals surface area contributed by atoms with Gasteiger partial charge >= 0.3 is 0 Å². The molecule has 2 N–H and O–H groups in total. The van der Waals surface area contributed by atoms with E-state index < -0.39 is 17.5 Å². The van der Waals surface area contributed by atoms with Crippen molar-refractivity contribution in [1.82, 2.24) is 9.97 Å². The molecule has 6 heteroatoms. The van der Waals surface area contributed by atoms with Crippen LogP contribution in [0.1, 0.15) is 16.1 Å². The number of H-pyrrole nitrogens is 1. The average Bonchev–Trinajstić information content (AvgIpc) is 2.97. The van der Waals surface area contributed by atoms with Gasteiger partial charge in [-0.05, 0) is 37.3 Å². The van der Waals surface area contributed by atoms with E-state index in [2.05, 4.69) is 15.3 Å². The van der Waals surface area contributed by atoms with E-state index in [1.165, 1.54) is 6.07 Å². The highest BCUT2D eigenvalue weighted by atomic mass is 19.2. The fraction of sp³-hybridized carbons (Fsp3) is 0.0588. The van der Waals surface area contributed by atoms with E-state index in [-0.39, 0.29) is 5.56 Å². The fourth-order valence-electron chi connectivity index (χ4n) is 2.20. The van der Waals surface area contributed by atoms with E-state index in [9.17, 15) is 13.6 Å². The molecule has 1 aromatic heterocycles. The van der Waals surface area contributed by atoms with Crippen LogP contribution < -0.4 is 5.32 Å². The number of aromatic nitrogens is 2. The van der Waals surface area contributed by atoms with E-state index in [0.717, 1.165) is 29.1 Å². The normalized spacial score (nSPS) is 10.6. The summed E-state index contributed by atoms with van der Waals surface area (Å²) in [5.41, 5.74) is 3.30. The van der Waals surface area contributed by atoms with Gasteiger partial charge in [0.05, 0.1) is 12.0 Å². The van der Waals surface area contributed by atoms with Crippen LogP contribution in [0.3, 0.4) is 0 Å². The van der Waals surface area contributed by atoms with E-state index in [1.54, 1.807) is 18.5 Å². The zero-order chi connectivity index (χ0) is 16.4. The van der Waals surface area contributed by atoms with Crippen molar-refractivity contribution in [2.24, 2.45) is 0 Å². The maximum atomic E-state index is 13.2. The number of benzene rings is 2. The van der Waals surface area contributed by atoms with Crippen molar-refractivity contribution in [3.8, 4) is 11.3 Å². The minimum Gasteiger partial charge on any atom is -0.348 e. The Morgan fingerprint density at radius 1 is 1.09 bits per heavy atom. The molecule has 1 amide bonds. The third kappa shape index (κ3) is 3.11. The zero-order valence-corrected chi connectivity index (χ0v) is 12.2. The molecule has 0 aliphatic rings. The summed E-state index contributed by atoms with van der Waals surface area (Å²) in [5.74, 6) is -2.55. The lowest BCUT2D eigenvalue weighted by Gasteiger charge is -2.07. The highest BCUT2D eigenvalue weighted by Gasteiger charge is 2.10. The van der Waals surface area contributed by atoms with E-state index in [1.807, 2.05) is 19.1 Å². The Morgan fingerprint density at radius 2 is 1.83 bits per heavy atom. The molecule has 0 atom stereocenters. The van der Waals surface area contributed by atoms with Crippen molar-refractivity contribution in [3.05, 3.63) is 71.7 Å². The highest BCUT2D eigenvalue weighted by Crippen LogP contribution is 2.22. The Hall–Kier alpha value is -3.02. The molecular weight excluding hydrogens is 300 g/mol. The molecule has 0 bridgehead atoms. The van der Waals surface area contributed by atoms with Crippen molar-refractivity contribution >= 4 is 11.6 Å². The molecule has 0 aliphatic heterocycles. The van der Waals surface area contributed by atoms with Crippen molar-refractivity contribution in [1.29, 1.82) is 0 Å². The van der Waals surface area contributed by atoms with Gasteiger partial charge in [0, 0.05) is 22.5 Å². The molecular formula is C17H13F2N3O. The van der Waals surface area contributed by atoms with Gasteiger partial charge in [0.1, 0.15) is 0 Å². The number of hydrogen-bond acceptors (Lipinski definition) is 2. The van der Waals surface area contributed by atoms with Crippen LogP contribution >= 0.6 is 0 Å². The van der Waals surface area contributed by atoms with E-state index in [0.29, 0.717) is 5.69 Å². The maximum absolute atomic E-state index is 13.2. The number of aromatic amines is 1. The van der Waals surface area contributed by atoms with Gasteiger partial charge in [-0.1, -0.05) is 12.1 Å². The predicted molar refractivity (Wildman–Crippen MR) is 83.1 cm³/mol. The number of imidazole rings is 1. The molecule has 0 radical (unpaired) electrons. The zero-order valence-electron chi connectivity index (χ0n) is 12.2. The number of carbonyl (C=O) groups excluding carboxylic acids is 1. The van der Waals surface area contributed by atoms with Crippen LogP contribution in [0.5, 0.6) is 0 Å². The van der Waals surface area contributed by atoms with Gasteiger partial charge in [-0.2, -0.15) is 0 Å². The predicted octanol–water partition coefficient (Wildman–Crippen LogP) is 3.92. The van der Waals surface area contributed by atoms with Gasteiger partial charge in [-0.25, -0.2) is 13.8 Å². The third-order valence-corrected chi connectivity index (χ3v) is 3.43. The Labute approximate surface area is 131 Å². The molecule has 116 valence electrons. The van der Waals surface area contributed by atoms with Gasteiger partial charge in [0.15, 0.2) is 11.6 Å². The minimum atomic E-state index is -1.05. The molecule has 0 saturated carbocycles. The summed E-state index contributed by atoms with van der Waals surface area (Å²) in [5, 5.41) is 2.64. The summed E-state index contributed by atoms with van der Waals surface area (Å²) in [7, 11) is 0. The van der Waals surface area contributed by atoms with Crippen molar-refractivity contribution in [3.63, 3.8) is 0 Å². The summed E-state index contributed by atoms with van der Waals surface area (Å²) in [6, 6.07) is 10.1. The van der Waals surface area contributed by atoms with Crippen LogP contribution in [-0.4, -0.2) is 15.9 Å². The first-order valence-corrected chi connectivity index (χ1v) is 6.91. The van der Waals surface area contributed by atoms with E-state index >= 15 is 0 Å². The van der Waals surface area contributed by atoms with Crippen molar-refractivity contribution in [2.45, 2.75) is 6.92 Å². The lowest BCUT2D eigenvalue weighted by Crippen LogP contribution is -2.12. The lowest BCUT2D eigenvalue weighted by molar-refractivity contribution is 0.102. The van der Waals surface area contributed by atoms with Crippen LogP contribution in [0.2, 0.25) is 0 Å². The maximum Gasteiger partial charge on any atom is 0.255 e. The smallest absolute Gasteiger partial charge is 0.255 e. The quantitative estimate of drug-likeness (QED) is 0.770. The summed E-state index contributed by atoms with van der Waals surface area (Å²) >= 11 is 0. The standard InChI is InChI=1S/C17H13F2N3O/c1-10-16(21-9-20-10)11-2-5-13(6-3-11)22-17(23)12-4-7-14(18)15(19)8-12/h2-9H,1H3,(H,20,21)(H,22,23). The molecule has 0 fully saturated rings. The van der Waals surface area contributed by atoms with Gasteiger partial charge in [0.25, 0.3) is 5.91 Å². The summed E-state index contributed by atoms with van der Waals surface area (Å²) in [6.07, 6.45) is 1.61. The Bertz CT molecular complexity index is 857. The first kappa shape index (κ1) is 14.9. The number of nitrogens with zero attached hydrogens (tertiary/aromatic N) is 1. The number of carbonyl (C=O) groups is 1. The largest absolute Gasteiger partial charge is 0.348 e. The first-order chi connectivity index (χ1) is 11.0. The van der Waals surface area contributed by atoms with Crippen molar-refractivity contribution < 1.29 is 13.6 Å². The number of nitrogens with one attached hydrogen (secondary N) is 2. The molecule has 2 aromatic carbocycles.